The first kappa shape index (κ1) is 13.6. The predicted octanol–water partition coefficient (Wildman–Crippen LogP) is 4.15. The van der Waals surface area contributed by atoms with Crippen molar-refractivity contribution in [2.24, 2.45) is 0 Å². The molecule has 0 unspecified atom stereocenters. The van der Waals surface area contributed by atoms with Crippen molar-refractivity contribution in [2.45, 2.75) is 0 Å². The summed E-state index contributed by atoms with van der Waals surface area (Å²) in [5.74, 6) is 1.16. The van der Waals surface area contributed by atoms with Crippen LogP contribution in [0.15, 0.2) is 48.5 Å². The normalized spacial score (nSPS) is 10.6. The lowest BCUT2D eigenvalue weighted by Gasteiger charge is -2.08. The molecule has 21 heavy (non-hydrogen) atoms. The summed E-state index contributed by atoms with van der Waals surface area (Å²) in [5.41, 5.74) is 0.546. The minimum Gasteiger partial charge on any atom is -0.497 e. The first-order valence-electron chi connectivity index (χ1n) is 6.48. The van der Waals surface area contributed by atoms with Crippen molar-refractivity contribution >= 4 is 27.2 Å². The van der Waals surface area contributed by atoms with E-state index in [0.717, 1.165) is 10.1 Å². The molecular formula is C17H14O3S. The third-order valence-corrected chi connectivity index (χ3v) is 4.42. The van der Waals surface area contributed by atoms with Gasteiger partial charge in [0, 0.05) is 10.8 Å². The summed E-state index contributed by atoms with van der Waals surface area (Å²) in [7, 11) is 3.14. The molecule has 1 aromatic heterocycles. The van der Waals surface area contributed by atoms with E-state index in [2.05, 4.69) is 0 Å². The second-order valence-corrected chi connectivity index (χ2v) is 5.63. The molecule has 3 aromatic rings. The van der Waals surface area contributed by atoms with Gasteiger partial charge in [-0.05, 0) is 29.7 Å². The summed E-state index contributed by atoms with van der Waals surface area (Å²) in [4.78, 5) is 13.4. The van der Waals surface area contributed by atoms with Crippen molar-refractivity contribution in [2.75, 3.05) is 14.2 Å². The SMILES string of the molecule is COc1ccc(C(=O)c2cc3ccccc3s2)c(OC)c1. The average Bonchev–Trinajstić information content (AvgIpc) is 2.97. The number of ketones is 1. The van der Waals surface area contributed by atoms with Gasteiger partial charge in [0.15, 0.2) is 0 Å². The Morgan fingerprint density at radius 3 is 2.52 bits per heavy atom. The number of benzene rings is 2. The van der Waals surface area contributed by atoms with Gasteiger partial charge in [0.25, 0.3) is 0 Å². The second kappa shape index (κ2) is 5.58. The lowest BCUT2D eigenvalue weighted by Crippen LogP contribution is -2.02. The molecule has 0 bridgehead atoms. The molecule has 0 amide bonds. The van der Waals surface area contributed by atoms with Gasteiger partial charge in [-0.3, -0.25) is 4.79 Å². The molecule has 0 spiro atoms. The highest BCUT2D eigenvalue weighted by Gasteiger charge is 2.17. The highest BCUT2D eigenvalue weighted by molar-refractivity contribution is 7.21. The molecule has 1 heterocycles. The van der Waals surface area contributed by atoms with Crippen molar-refractivity contribution < 1.29 is 14.3 Å². The maximum Gasteiger partial charge on any atom is 0.206 e. The molecule has 0 atom stereocenters. The van der Waals surface area contributed by atoms with Crippen molar-refractivity contribution in [3.63, 3.8) is 0 Å². The van der Waals surface area contributed by atoms with E-state index >= 15 is 0 Å². The number of carbonyl (C=O) groups excluding carboxylic acids is 1. The van der Waals surface area contributed by atoms with E-state index in [9.17, 15) is 4.79 Å². The van der Waals surface area contributed by atoms with E-state index in [-0.39, 0.29) is 5.78 Å². The standard InChI is InChI=1S/C17H14O3S/c1-19-12-7-8-13(14(10-12)20-2)17(18)16-9-11-5-3-4-6-15(11)21-16/h3-10H,1-2H3. The van der Waals surface area contributed by atoms with E-state index in [1.807, 2.05) is 30.3 Å². The van der Waals surface area contributed by atoms with Gasteiger partial charge in [0.05, 0.1) is 24.7 Å². The largest absolute Gasteiger partial charge is 0.497 e. The summed E-state index contributed by atoms with van der Waals surface area (Å²) in [6.07, 6.45) is 0. The number of fused-ring (bicyclic) bond motifs is 1. The Bertz CT molecular complexity index is 772. The van der Waals surface area contributed by atoms with Gasteiger partial charge in [-0.25, -0.2) is 0 Å². The molecule has 0 fully saturated rings. The van der Waals surface area contributed by atoms with Crippen LogP contribution in [-0.4, -0.2) is 20.0 Å². The van der Waals surface area contributed by atoms with Crippen molar-refractivity contribution in [3.8, 4) is 11.5 Å². The molecule has 106 valence electrons. The third-order valence-electron chi connectivity index (χ3n) is 3.30. The zero-order valence-corrected chi connectivity index (χ0v) is 12.6. The Hall–Kier alpha value is -2.33. The molecule has 0 aliphatic carbocycles. The van der Waals surface area contributed by atoms with Crippen LogP contribution in [0.2, 0.25) is 0 Å². The monoisotopic (exact) mass is 298 g/mol. The zero-order chi connectivity index (χ0) is 14.8. The summed E-state index contributed by atoms with van der Waals surface area (Å²) in [5, 5.41) is 1.08. The molecule has 0 aliphatic rings. The first-order valence-corrected chi connectivity index (χ1v) is 7.30. The highest BCUT2D eigenvalue weighted by atomic mass is 32.1. The van der Waals surface area contributed by atoms with Crippen molar-refractivity contribution in [1.82, 2.24) is 0 Å². The van der Waals surface area contributed by atoms with E-state index in [1.165, 1.54) is 11.3 Å². The van der Waals surface area contributed by atoms with Crippen LogP contribution in [0.4, 0.5) is 0 Å². The Labute approximate surface area is 126 Å². The van der Waals surface area contributed by atoms with E-state index in [0.29, 0.717) is 21.9 Å². The number of methoxy groups -OCH3 is 2. The fraction of sp³-hybridized carbons (Fsp3) is 0.118. The molecule has 3 nitrogen and oxygen atoms in total. The number of ether oxygens (including phenoxy) is 2. The van der Waals surface area contributed by atoms with Gasteiger partial charge >= 0.3 is 0 Å². The zero-order valence-electron chi connectivity index (χ0n) is 11.8. The summed E-state index contributed by atoms with van der Waals surface area (Å²) < 4.78 is 11.6. The molecule has 0 radical (unpaired) electrons. The smallest absolute Gasteiger partial charge is 0.206 e. The van der Waals surface area contributed by atoms with Crippen molar-refractivity contribution in [3.05, 3.63) is 59.0 Å². The molecule has 3 rings (SSSR count). The molecular weight excluding hydrogens is 284 g/mol. The van der Waals surface area contributed by atoms with Crippen LogP contribution in [0.3, 0.4) is 0 Å². The maximum absolute atomic E-state index is 12.7. The first-order chi connectivity index (χ1) is 10.2. The van der Waals surface area contributed by atoms with Crippen molar-refractivity contribution in [1.29, 1.82) is 0 Å². The molecule has 0 aliphatic heterocycles. The minimum atomic E-state index is -0.0318. The molecule has 0 N–H and O–H groups in total. The summed E-state index contributed by atoms with van der Waals surface area (Å²) >= 11 is 1.49. The van der Waals surface area contributed by atoms with Gasteiger partial charge in [-0.15, -0.1) is 11.3 Å². The number of hydrogen-bond donors (Lipinski definition) is 0. The molecule has 2 aromatic carbocycles. The molecule has 0 saturated carbocycles. The molecule has 4 heteroatoms. The number of hydrogen-bond acceptors (Lipinski definition) is 4. The number of thiophene rings is 1. The number of rotatable bonds is 4. The average molecular weight is 298 g/mol. The Balaban J connectivity index is 2.05. The van der Waals surface area contributed by atoms with Gasteiger partial charge in [0.1, 0.15) is 11.5 Å². The topological polar surface area (TPSA) is 35.5 Å². The summed E-state index contributed by atoms with van der Waals surface area (Å²) in [6.45, 7) is 0. The Morgan fingerprint density at radius 2 is 1.81 bits per heavy atom. The predicted molar refractivity (Wildman–Crippen MR) is 84.8 cm³/mol. The Kier molecular flexibility index (Phi) is 3.62. The van der Waals surface area contributed by atoms with Gasteiger partial charge in [-0.1, -0.05) is 18.2 Å². The maximum atomic E-state index is 12.7. The fourth-order valence-corrected chi connectivity index (χ4v) is 3.23. The lowest BCUT2D eigenvalue weighted by molar-refractivity contribution is 0.103. The Morgan fingerprint density at radius 1 is 1.00 bits per heavy atom. The van der Waals surface area contributed by atoms with Gasteiger partial charge in [-0.2, -0.15) is 0 Å². The van der Waals surface area contributed by atoms with Gasteiger partial charge in [0.2, 0.25) is 5.78 Å². The van der Waals surface area contributed by atoms with E-state index in [4.69, 9.17) is 9.47 Å². The fourth-order valence-electron chi connectivity index (χ4n) is 2.21. The van der Waals surface area contributed by atoms with E-state index in [1.54, 1.807) is 32.4 Å². The van der Waals surface area contributed by atoms with Crippen LogP contribution in [0.25, 0.3) is 10.1 Å². The second-order valence-electron chi connectivity index (χ2n) is 4.54. The minimum absolute atomic E-state index is 0.0318. The van der Waals surface area contributed by atoms with Gasteiger partial charge < -0.3 is 9.47 Å². The van der Waals surface area contributed by atoms with Crippen LogP contribution in [-0.2, 0) is 0 Å². The summed E-state index contributed by atoms with van der Waals surface area (Å²) in [6, 6.07) is 15.1. The van der Waals surface area contributed by atoms with E-state index < -0.39 is 0 Å². The third kappa shape index (κ3) is 2.50. The van der Waals surface area contributed by atoms with Crippen LogP contribution < -0.4 is 9.47 Å². The quantitative estimate of drug-likeness (QED) is 0.679. The van der Waals surface area contributed by atoms with Crippen LogP contribution >= 0.6 is 11.3 Å². The number of carbonyl (C=O) groups is 1. The van der Waals surface area contributed by atoms with Crippen LogP contribution in [0, 0.1) is 0 Å². The van der Waals surface area contributed by atoms with Crippen LogP contribution in [0.5, 0.6) is 11.5 Å². The lowest BCUT2D eigenvalue weighted by atomic mass is 10.1. The molecule has 0 saturated heterocycles. The van der Waals surface area contributed by atoms with Crippen LogP contribution in [0.1, 0.15) is 15.2 Å². The highest BCUT2D eigenvalue weighted by Crippen LogP contribution is 2.31.